The molecule has 0 bridgehead atoms. The number of aromatic nitrogens is 1. The highest BCUT2D eigenvalue weighted by Crippen LogP contribution is 2.27. The second-order valence-electron chi connectivity index (χ2n) is 8.25. The van der Waals surface area contributed by atoms with E-state index < -0.39 is 6.10 Å². The molecule has 0 fully saturated rings. The molecule has 0 radical (unpaired) electrons. The Morgan fingerprint density at radius 2 is 2.23 bits per heavy atom. The first-order valence-corrected chi connectivity index (χ1v) is 11.0. The van der Waals surface area contributed by atoms with Gasteiger partial charge in [-0.15, -0.1) is 6.58 Å². The first kappa shape index (κ1) is 22.5. The van der Waals surface area contributed by atoms with Crippen LogP contribution in [0.1, 0.15) is 49.6 Å². The molecule has 0 amide bonds. The number of nitrogens with zero attached hydrogens (tertiary/aromatic N) is 3. The topological polar surface area (TPSA) is 67.2 Å². The lowest BCUT2D eigenvalue weighted by Crippen LogP contribution is -2.38. The molecule has 0 saturated heterocycles. The number of rotatable bonds is 8. The van der Waals surface area contributed by atoms with Crippen LogP contribution in [-0.4, -0.2) is 53.8 Å². The van der Waals surface area contributed by atoms with Crippen LogP contribution in [0.15, 0.2) is 36.0 Å². The lowest BCUT2D eigenvalue weighted by Gasteiger charge is -2.29. The van der Waals surface area contributed by atoms with Crippen molar-refractivity contribution in [2.75, 3.05) is 24.6 Å². The number of oxime groups is 1. The zero-order chi connectivity index (χ0) is 21.5. The van der Waals surface area contributed by atoms with Crippen LogP contribution in [0, 0.1) is 13.8 Å². The van der Waals surface area contributed by atoms with Crippen LogP contribution in [0.3, 0.4) is 0 Å². The minimum absolute atomic E-state index is 0.0617. The van der Waals surface area contributed by atoms with Crippen molar-refractivity contribution in [1.82, 2.24) is 4.98 Å². The van der Waals surface area contributed by atoms with Crippen LogP contribution >= 0.6 is 0 Å². The molecule has 2 aliphatic rings. The summed E-state index contributed by atoms with van der Waals surface area (Å²) in [5.74, 6) is 0. The minimum atomic E-state index is -0.411. The maximum atomic E-state index is 9.62. The molecule has 0 saturated carbocycles. The summed E-state index contributed by atoms with van der Waals surface area (Å²) in [6.07, 6.45) is 9.78. The van der Waals surface area contributed by atoms with Crippen molar-refractivity contribution >= 4 is 11.4 Å². The third-order valence-electron chi connectivity index (χ3n) is 5.84. The first-order valence-electron chi connectivity index (χ1n) is 11.0. The van der Waals surface area contributed by atoms with Crippen molar-refractivity contribution in [3.8, 4) is 0 Å². The Balaban J connectivity index is 1.60. The van der Waals surface area contributed by atoms with Gasteiger partial charge in [-0.3, -0.25) is 4.98 Å². The molecule has 3 atom stereocenters. The van der Waals surface area contributed by atoms with Gasteiger partial charge >= 0.3 is 0 Å². The van der Waals surface area contributed by atoms with E-state index in [2.05, 4.69) is 36.5 Å². The predicted molar refractivity (Wildman–Crippen MR) is 121 cm³/mol. The highest BCUT2D eigenvalue weighted by Gasteiger charge is 2.28. The van der Waals surface area contributed by atoms with Crippen LogP contribution in [0.4, 0.5) is 5.69 Å². The molecule has 164 valence electrons. The molecule has 6 heteroatoms. The van der Waals surface area contributed by atoms with Crippen LogP contribution in [0.2, 0.25) is 0 Å². The number of aryl methyl sites for hydroxylation is 3. The molecule has 2 aliphatic heterocycles. The van der Waals surface area contributed by atoms with Crippen molar-refractivity contribution in [3.05, 3.63) is 47.8 Å². The van der Waals surface area contributed by atoms with E-state index in [0.717, 1.165) is 37.3 Å². The third kappa shape index (κ3) is 5.70. The zero-order valence-electron chi connectivity index (χ0n) is 18.5. The predicted octanol–water partition coefficient (Wildman–Crippen LogP) is 3.88. The van der Waals surface area contributed by atoms with E-state index >= 15 is 0 Å². The van der Waals surface area contributed by atoms with Crippen molar-refractivity contribution < 1.29 is 14.7 Å². The number of hydrogen-bond donors (Lipinski definition) is 1. The fourth-order valence-electron chi connectivity index (χ4n) is 3.89. The number of aliphatic hydroxyl groups excluding tert-OH is 1. The Hall–Kier alpha value is -2.18. The molecule has 1 N–H and O–H groups in total. The molecule has 0 aromatic carbocycles. The van der Waals surface area contributed by atoms with Crippen molar-refractivity contribution in [2.24, 2.45) is 5.16 Å². The van der Waals surface area contributed by atoms with Gasteiger partial charge in [0.1, 0.15) is 6.10 Å². The van der Waals surface area contributed by atoms with Gasteiger partial charge in [0.2, 0.25) is 0 Å². The second-order valence-corrected chi connectivity index (χ2v) is 8.25. The first-order chi connectivity index (χ1) is 14.5. The van der Waals surface area contributed by atoms with E-state index in [1.165, 1.54) is 29.8 Å². The van der Waals surface area contributed by atoms with Gasteiger partial charge in [-0.25, -0.2) is 0 Å². The Kier molecular flexibility index (Phi) is 8.05. The third-order valence-corrected chi connectivity index (χ3v) is 5.84. The lowest BCUT2D eigenvalue weighted by molar-refractivity contribution is -0.1000. The normalized spacial score (nSPS) is 24.3. The molecular weight excluding hydrogens is 378 g/mol. The number of anilines is 1. The molecule has 0 unspecified atom stereocenters. The molecule has 0 spiro atoms. The Morgan fingerprint density at radius 1 is 1.40 bits per heavy atom. The smallest absolute Gasteiger partial charge is 0.174 e. The van der Waals surface area contributed by atoms with Crippen LogP contribution in [0.25, 0.3) is 0 Å². The van der Waals surface area contributed by atoms with Gasteiger partial charge in [0.05, 0.1) is 29.8 Å². The van der Waals surface area contributed by atoms with Crippen molar-refractivity contribution in [1.29, 1.82) is 0 Å². The number of pyridine rings is 1. The van der Waals surface area contributed by atoms with Crippen LogP contribution in [0.5, 0.6) is 0 Å². The average molecular weight is 414 g/mol. The molecule has 1 aromatic rings. The Labute approximate surface area is 180 Å². The van der Waals surface area contributed by atoms with Gasteiger partial charge in [-0.05, 0) is 64.2 Å². The lowest BCUT2D eigenvalue weighted by atomic mass is 10.1. The van der Waals surface area contributed by atoms with Gasteiger partial charge in [0.15, 0.2) is 6.10 Å². The highest BCUT2D eigenvalue weighted by atomic mass is 16.7. The van der Waals surface area contributed by atoms with Gasteiger partial charge in [0.25, 0.3) is 0 Å². The van der Waals surface area contributed by atoms with Gasteiger partial charge in [0, 0.05) is 25.2 Å². The molecular formula is C24H35N3O3. The van der Waals surface area contributed by atoms with Crippen LogP contribution in [-0.2, 0) is 16.0 Å². The second kappa shape index (κ2) is 10.7. The summed E-state index contributed by atoms with van der Waals surface area (Å²) >= 11 is 0. The summed E-state index contributed by atoms with van der Waals surface area (Å²) in [4.78, 5) is 13.0. The standard InChI is InChI=1S/C24H35N3O3/c1-5-8-20-10-11-23(24(16-28)29-20)30-26-18(3)12-14-27-13-7-6-9-21-22(27)15-17(2)19(4)25-21/h5,10-11,15,20,23-24,28H,1,6-9,12-14,16H2,2-4H3/t20-,23+,24-/m1/s1. The quantitative estimate of drug-likeness (QED) is 0.398. The Bertz CT molecular complexity index is 790. The van der Waals surface area contributed by atoms with Gasteiger partial charge < -0.3 is 19.6 Å². The van der Waals surface area contributed by atoms with Crippen molar-refractivity contribution in [2.45, 2.75) is 71.2 Å². The fourth-order valence-corrected chi connectivity index (χ4v) is 3.89. The summed E-state index contributed by atoms with van der Waals surface area (Å²) < 4.78 is 5.83. The maximum Gasteiger partial charge on any atom is 0.174 e. The van der Waals surface area contributed by atoms with Crippen molar-refractivity contribution in [3.63, 3.8) is 0 Å². The van der Waals surface area contributed by atoms with Crippen LogP contribution < -0.4 is 4.90 Å². The highest BCUT2D eigenvalue weighted by molar-refractivity contribution is 5.82. The molecule has 6 nitrogen and oxygen atoms in total. The minimum Gasteiger partial charge on any atom is -0.394 e. The van der Waals surface area contributed by atoms with E-state index in [1.54, 1.807) is 0 Å². The molecule has 0 aliphatic carbocycles. The number of aliphatic hydroxyl groups is 1. The van der Waals surface area contributed by atoms with E-state index in [4.69, 9.17) is 14.6 Å². The SMILES string of the molecule is C=CC[C@@H]1C=C[C@H](ON=C(C)CCN2CCCCc3nc(C)c(C)cc32)[C@@H](CO)O1. The number of ether oxygens (including phenoxy) is 1. The largest absolute Gasteiger partial charge is 0.394 e. The van der Waals surface area contributed by atoms with E-state index in [9.17, 15) is 5.11 Å². The Morgan fingerprint density at radius 3 is 3.00 bits per heavy atom. The van der Waals surface area contributed by atoms with E-state index in [1.807, 2.05) is 25.2 Å². The molecule has 30 heavy (non-hydrogen) atoms. The number of hydrogen-bond acceptors (Lipinski definition) is 6. The summed E-state index contributed by atoms with van der Waals surface area (Å²) in [7, 11) is 0. The summed E-state index contributed by atoms with van der Waals surface area (Å²) in [5, 5.41) is 13.9. The fraction of sp³-hybridized carbons (Fsp3) is 0.583. The monoisotopic (exact) mass is 413 g/mol. The number of fused-ring (bicyclic) bond motifs is 1. The molecule has 1 aromatic heterocycles. The molecule has 3 heterocycles. The van der Waals surface area contributed by atoms with E-state index in [-0.39, 0.29) is 18.8 Å². The van der Waals surface area contributed by atoms with Gasteiger partial charge in [-0.1, -0.05) is 17.3 Å². The summed E-state index contributed by atoms with van der Waals surface area (Å²) in [5.41, 5.74) is 5.77. The van der Waals surface area contributed by atoms with E-state index in [0.29, 0.717) is 6.42 Å². The summed E-state index contributed by atoms with van der Waals surface area (Å²) in [6.45, 7) is 11.8. The summed E-state index contributed by atoms with van der Waals surface area (Å²) in [6, 6.07) is 2.28. The zero-order valence-corrected chi connectivity index (χ0v) is 18.5. The maximum absolute atomic E-state index is 9.62. The molecule has 3 rings (SSSR count). The van der Waals surface area contributed by atoms with Gasteiger partial charge in [-0.2, -0.15) is 0 Å². The average Bonchev–Trinajstić information content (AvgIpc) is 2.93.